The number of rotatable bonds is 24. The Morgan fingerprint density at radius 3 is 1.78 bits per heavy atom. The maximum absolute atomic E-state index is 12.2. The number of hydrogen-bond donors (Lipinski definition) is 6. The van der Waals surface area contributed by atoms with Crippen molar-refractivity contribution < 1.29 is 43.4 Å². The summed E-state index contributed by atoms with van der Waals surface area (Å²) in [4.78, 5) is 83.6. The predicted octanol–water partition coefficient (Wildman–Crippen LogP) is 10.9. The molecule has 1 aliphatic carbocycles. The molecule has 7 atom stereocenters. The Balaban J connectivity index is -0.000000217. The zero-order valence-electron chi connectivity index (χ0n) is 49.8. The van der Waals surface area contributed by atoms with E-state index in [4.69, 9.17) is 4.74 Å². The molecule has 15 nitrogen and oxygen atoms in total. The molecule has 1 saturated heterocycles. The number of amides is 4. The highest BCUT2D eigenvalue weighted by molar-refractivity contribution is 6.38. The number of aliphatic hydroxyl groups is 1. The Morgan fingerprint density at radius 1 is 0.797 bits per heavy atom. The van der Waals surface area contributed by atoms with Crippen LogP contribution >= 0.6 is 0 Å². The van der Waals surface area contributed by atoms with Crippen molar-refractivity contribution >= 4 is 42.5 Å². The maximum atomic E-state index is 12.2. The third-order valence-electron chi connectivity index (χ3n) is 11.9. The smallest absolute Gasteiger partial charge is 0.315 e. The van der Waals surface area contributed by atoms with Crippen molar-refractivity contribution in [1.82, 2.24) is 31.5 Å². The first kappa shape index (κ1) is 81.3. The van der Waals surface area contributed by atoms with Gasteiger partial charge in [-0.15, -0.1) is 0 Å². The van der Waals surface area contributed by atoms with E-state index in [0.717, 1.165) is 64.1 Å². The fourth-order valence-corrected chi connectivity index (χ4v) is 7.41. The van der Waals surface area contributed by atoms with Crippen LogP contribution in [0.1, 0.15) is 214 Å². The fraction of sp³-hybridized carbons (Fsp3) is 0.780. The van der Waals surface area contributed by atoms with Gasteiger partial charge in [0.1, 0.15) is 24.9 Å². The highest BCUT2D eigenvalue weighted by Gasteiger charge is 2.34. The van der Waals surface area contributed by atoms with E-state index in [1.807, 2.05) is 76.3 Å². The van der Waals surface area contributed by atoms with Crippen molar-refractivity contribution in [2.45, 2.75) is 238 Å². The van der Waals surface area contributed by atoms with E-state index < -0.39 is 35.3 Å². The van der Waals surface area contributed by atoms with Gasteiger partial charge in [0.2, 0.25) is 11.7 Å². The summed E-state index contributed by atoms with van der Waals surface area (Å²) in [5, 5.41) is 23.1. The number of unbranched alkanes of at least 4 members (excludes halogenated alkanes) is 1. The normalized spacial score (nSPS) is 16.6. The molecule has 2 fully saturated rings. The minimum Gasteiger partial charge on any atom is -0.390 e. The molecule has 6 unspecified atom stereocenters. The number of benzene rings is 1. The van der Waals surface area contributed by atoms with Gasteiger partial charge in [-0.3, -0.25) is 19.3 Å². The first-order chi connectivity index (χ1) is 34.9. The Labute approximate surface area is 453 Å². The lowest BCUT2D eigenvalue weighted by Crippen LogP contribution is -2.52. The van der Waals surface area contributed by atoms with Crippen molar-refractivity contribution in [3.8, 4) is 0 Å². The quantitative estimate of drug-likeness (QED) is 0.0326. The maximum Gasteiger partial charge on any atom is 0.315 e. The number of carbonyl (C=O) groups is 7. The van der Waals surface area contributed by atoms with Crippen LogP contribution in [0.4, 0.5) is 4.79 Å². The van der Waals surface area contributed by atoms with Gasteiger partial charge in [0.05, 0.1) is 42.9 Å². The van der Waals surface area contributed by atoms with Crippen LogP contribution in [0.5, 0.6) is 0 Å². The standard InChI is InChI=1S/C19H27N3O4.C17H32N2O3.C10H19NO2.C4H10.4C2H6.CH4/c1-4-13(2)10-15(20-3)18(25)19(26)21-11-17(24)22-16(12-23)14-8-6-5-7-9-14;1-4-10-22-12-16(13(2)3)19-17(21)18-15(11-20)14-8-6-5-7-9-14;1-10(2,13)6-8-4-5-11(3)9(8)7-12;1-3-4-2;4*1-2;/h5-9,12-13,15-16,20H,4,10-11H2,1-3H3,(H,21,26)(H,22,24);11,13-16H,4-10,12H2,1-3H3,(H2,18,19,21);7-9,13H,4-6H2,1-3H3;3-4H2,1-2H3;4*1-2H3;1H4/t;;8-,9?;;;;;;/m..1....../s1. The number of ether oxygens (including phenoxy) is 1. The second-order valence-corrected chi connectivity index (χ2v) is 18.5. The predicted molar refractivity (Wildman–Crippen MR) is 310 cm³/mol. The van der Waals surface area contributed by atoms with E-state index in [0.29, 0.717) is 49.7 Å². The molecular formula is C59H116N6O9. The van der Waals surface area contributed by atoms with Crippen molar-refractivity contribution in [2.24, 2.45) is 23.7 Å². The van der Waals surface area contributed by atoms with Gasteiger partial charge in [0, 0.05) is 6.61 Å². The van der Waals surface area contributed by atoms with E-state index in [1.165, 1.54) is 19.3 Å². The summed E-state index contributed by atoms with van der Waals surface area (Å²) >= 11 is 0. The number of aldehydes is 3. The first-order valence-electron chi connectivity index (χ1n) is 28.1. The molecule has 3 rings (SSSR count). The molecule has 436 valence electrons. The van der Waals surface area contributed by atoms with Crippen LogP contribution in [0.25, 0.3) is 0 Å². The molecule has 1 aliphatic heterocycles. The number of hydrogen-bond acceptors (Lipinski definition) is 11. The second kappa shape index (κ2) is 53.8. The summed E-state index contributed by atoms with van der Waals surface area (Å²) in [6, 6.07) is 6.70. The number of carbonyl (C=O) groups excluding carboxylic acids is 7. The number of Topliss-reactive ketones (excluding diaryl/α,β-unsaturated/α-hetero) is 1. The third-order valence-corrected chi connectivity index (χ3v) is 11.9. The number of likely N-dealkylation sites (N-methyl/N-ethyl adjacent to an activating group) is 2. The molecular weight excluding hydrogens is 937 g/mol. The number of likely N-dealkylation sites (tertiary alicyclic amines) is 1. The second-order valence-electron chi connectivity index (χ2n) is 18.5. The van der Waals surface area contributed by atoms with Crippen LogP contribution in [0.15, 0.2) is 30.3 Å². The molecule has 0 aromatic heterocycles. The van der Waals surface area contributed by atoms with Crippen molar-refractivity contribution in [1.29, 1.82) is 0 Å². The molecule has 74 heavy (non-hydrogen) atoms. The first-order valence-corrected chi connectivity index (χ1v) is 28.1. The summed E-state index contributed by atoms with van der Waals surface area (Å²) in [5.74, 6) is -0.775. The highest BCUT2D eigenvalue weighted by atomic mass is 16.5. The molecule has 1 saturated carbocycles. The molecule has 0 radical (unpaired) electrons. The average molecular weight is 1050 g/mol. The Morgan fingerprint density at radius 2 is 1.35 bits per heavy atom. The van der Waals surface area contributed by atoms with Crippen LogP contribution < -0.4 is 26.6 Å². The summed E-state index contributed by atoms with van der Waals surface area (Å²) in [6.45, 7) is 35.9. The van der Waals surface area contributed by atoms with Crippen LogP contribution in [-0.4, -0.2) is 123 Å². The molecule has 6 N–H and O–H groups in total. The summed E-state index contributed by atoms with van der Waals surface area (Å²) < 4.78 is 5.54. The fourth-order valence-electron chi connectivity index (χ4n) is 7.41. The minimum atomic E-state index is -0.815. The molecule has 4 amide bonds. The van der Waals surface area contributed by atoms with E-state index in [2.05, 4.69) is 66.1 Å². The lowest BCUT2D eigenvalue weighted by Gasteiger charge is -2.29. The van der Waals surface area contributed by atoms with Crippen molar-refractivity contribution in [3.05, 3.63) is 35.9 Å². The van der Waals surface area contributed by atoms with Gasteiger partial charge >= 0.3 is 6.03 Å². The molecule has 2 aliphatic rings. The molecule has 0 bridgehead atoms. The minimum absolute atomic E-state index is 0. The van der Waals surface area contributed by atoms with Crippen LogP contribution in [0.2, 0.25) is 0 Å². The van der Waals surface area contributed by atoms with Crippen molar-refractivity contribution in [2.75, 3.05) is 40.4 Å². The van der Waals surface area contributed by atoms with Gasteiger partial charge in [0.15, 0.2) is 0 Å². The number of urea groups is 1. The monoisotopic (exact) mass is 1050 g/mol. The van der Waals surface area contributed by atoms with Gasteiger partial charge in [-0.2, -0.15) is 0 Å². The van der Waals surface area contributed by atoms with Gasteiger partial charge in [-0.25, -0.2) is 4.79 Å². The number of nitrogens with one attached hydrogen (secondary N) is 5. The van der Waals surface area contributed by atoms with Crippen LogP contribution in [-0.2, 0) is 33.5 Å². The van der Waals surface area contributed by atoms with E-state index >= 15 is 0 Å². The van der Waals surface area contributed by atoms with Gasteiger partial charge < -0.3 is 50.8 Å². The molecule has 1 aromatic rings. The highest BCUT2D eigenvalue weighted by Crippen LogP contribution is 2.29. The molecule has 0 spiro atoms. The van der Waals surface area contributed by atoms with E-state index in [-0.39, 0.29) is 50.0 Å². The Kier molecular flexibility index (Phi) is 59.1. The zero-order chi connectivity index (χ0) is 57.4. The van der Waals surface area contributed by atoms with Gasteiger partial charge in [-0.1, -0.05) is 180 Å². The van der Waals surface area contributed by atoms with E-state index in [1.54, 1.807) is 51.2 Å². The summed E-state index contributed by atoms with van der Waals surface area (Å²) in [7, 11) is 3.59. The van der Waals surface area contributed by atoms with Gasteiger partial charge in [0.25, 0.3) is 5.91 Å². The van der Waals surface area contributed by atoms with Gasteiger partial charge in [-0.05, 0) is 102 Å². The summed E-state index contributed by atoms with van der Waals surface area (Å²) in [5.41, 5.74) is -0.0149. The number of nitrogens with zero attached hydrogens (tertiary/aromatic N) is 1. The lowest BCUT2D eigenvalue weighted by atomic mass is 9.84. The zero-order valence-corrected chi connectivity index (χ0v) is 49.8. The SMILES string of the molecule is C.CC.CC.CC.CC.CCC(C)CC(NC)C(=O)C(=O)NCC(=O)NC(C=O)c1ccccc1.CCCC.CCCOCC(NC(=O)NC(C=O)C1CCCCC1)C(C)C.CN1CC[C@H](CC(C)(C)O)C1C=O. The molecule has 15 heteroatoms. The molecule has 1 aromatic carbocycles. The summed E-state index contributed by atoms with van der Waals surface area (Å²) in [6.07, 6.45) is 14.9. The Bertz CT molecular complexity index is 1490. The third kappa shape index (κ3) is 40.3. The molecule has 1 heterocycles. The van der Waals surface area contributed by atoms with Crippen molar-refractivity contribution in [3.63, 3.8) is 0 Å². The van der Waals surface area contributed by atoms with Crippen LogP contribution in [0.3, 0.4) is 0 Å². The topological polar surface area (TPSA) is 212 Å². The van der Waals surface area contributed by atoms with Crippen LogP contribution in [0, 0.1) is 23.7 Å². The largest absolute Gasteiger partial charge is 0.390 e. The number of ketones is 1. The Hall–Kier alpha value is -4.05. The average Bonchev–Trinajstić information content (AvgIpc) is 3.76. The lowest BCUT2D eigenvalue weighted by molar-refractivity contribution is -0.139. The van der Waals surface area contributed by atoms with E-state index in [9.17, 15) is 38.7 Å².